The van der Waals surface area contributed by atoms with Gasteiger partial charge in [-0.1, -0.05) is 5.16 Å². The number of hydrogen-bond donors (Lipinski definition) is 0. The van der Waals surface area contributed by atoms with Gasteiger partial charge in [0.1, 0.15) is 6.29 Å². The monoisotopic (exact) mass is 208 g/mol. The lowest BCUT2D eigenvalue weighted by Gasteiger charge is -2.28. The highest BCUT2D eigenvalue weighted by Crippen LogP contribution is 2.17. The fraction of sp³-hybridized carbons (Fsp3) is 0.636. The van der Waals surface area contributed by atoms with Crippen LogP contribution in [-0.2, 0) is 11.3 Å². The molecular formula is C11H16N2O2. The number of rotatable bonds is 3. The van der Waals surface area contributed by atoms with Crippen LogP contribution in [0.1, 0.15) is 24.3 Å². The number of piperidine rings is 1. The molecule has 0 amide bonds. The number of aromatic nitrogens is 1. The van der Waals surface area contributed by atoms with Crippen molar-refractivity contribution < 1.29 is 9.32 Å². The Balaban J connectivity index is 1.91. The van der Waals surface area contributed by atoms with E-state index >= 15 is 0 Å². The van der Waals surface area contributed by atoms with Crippen LogP contribution in [-0.4, -0.2) is 29.4 Å². The molecule has 2 rings (SSSR count). The maximum absolute atomic E-state index is 10.7. The van der Waals surface area contributed by atoms with E-state index in [0.29, 0.717) is 0 Å². The molecule has 1 aliphatic heterocycles. The van der Waals surface area contributed by atoms with E-state index in [0.717, 1.165) is 50.2 Å². The third-order valence-electron chi connectivity index (χ3n) is 2.79. The van der Waals surface area contributed by atoms with E-state index in [2.05, 4.69) is 10.1 Å². The third-order valence-corrected chi connectivity index (χ3v) is 2.79. The summed E-state index contributed by atoms with van der Waals surface area (Å²) in [4.78, 5) is 13.0. The molecule has 0 aliphatic carbocycles. The fourth-order valence-corrected chi connectivity index (χ4v) is 2.06. The van der Waals surface area contributed by atoms with Crippen LogP contribution in [0.4, 0.5) is 0 Å². The molecular weight excluding hydrogens is 192 g/mol. The summed E-state index contributed by atoms with van der Waals surface area (Å²) >= 11 is 0. The zero-order valence-corrected chi connectivity index (χ0v) is 8.98. The Morgan fingerprint density at radius 1 is 1.73 bits per heavy atom. The van der Waals surface area contributed by atoms with Crippen LogP contribution >= 0.6 is 0 Å². The van der Waals surface area contributed by atoms with Gasteiger partial charge < -0.3 is 9.32 Å². The Bertz CT molecular complexity index is 335. The quantitative estimate of drug-likeness (QED) is 0.704. The SMILES string of the molecule is Cc1cc(CN2CCCC(C=O)C2)on1. The van der Waals surface area contributed by atoms with E-state index in [4.69, 9.17) is 4.52 Å². The normalized spacial score (nSPS) is 22.9. The minimum atomic E-state index is 0.197. The van der Waals surface area contributed by atoms with E-state index in [9.17, 15) is 4.79 Å². The van der Waals surface area contributed by atoms with Gasteiger partial charge in [0.05, 0.1) is 12.2 Å². The van der Waals surface area contributed by atoms with Gasteiger partial charge in [-0.05, 0) is 26.3 Å². The summed E-state index contributed by atoms with van der Waals surface area (Å²) in [6, 6.07) is 1.95. The molecule has 0 aromatic carbocycles. The van der Waals surface area contributed by atoms with Crippen LogP contribution < -0.4 is 0 Å². The summed E-state index contributed by atoms with van der Waals surface area (Å²) in [5.41, 5.74) is 0.911. The van der Waals surface area contributed by atoms with E-state index in [1.807, 2.05) is 13.0 Å². The second kappa shape index (κ2) is 4.57. The number of likely N-dealkylation sites (tertiary alicyclic amines) is 1. The van der Waals surface area contributed by atoms with Crippen molar-refractivity contribution in [1.82, 2.24) is 10.1 Å². The number of aldehydes is 1. The molecule has 1 atom stereocenters. The second-order valence-corrected chi connectivity index (χ2v) is 4.21. The van der Waals surface area contributed by atoms with Crippen molar-refractivity contribution in [2.45, 2.75) is 26.3 Å². The maximum atomic E-state index is 10.7. The summed E-state index contributed by atoms with van der Waals surface area (Å²) in [6.45, 7) is 4.58. The standard InChI is InChI=1S/C11H16N2O2/c1-9-5-11(15-12-9)7-13-4-2-3-10(6-13)8-14/h5,8,10H,2-4,6-7H2,1H3. The van der Waals surface area contributed by atoms with E-state index < -0.39 is 0 Å². The minimum absolute atomic E-state index is 0.197. The molecule has 0 bridgehead atoms. The number of carbonyl (C=O) groups is 1. The van der Waals surface area contributed by atoms with Crippen LogP contribution in [0.15, 0.2) is 10.6 Å². The van der Waals surface area contributed by atoms with Gasteiger partial charge in [0.2, 0.25) is 0 Å². The molecule has 15 heavy (non-hydrogen) atoms. The molecule has 2 heterocycles. The van der Waals surface area contributed by atoms with Crippen molar-refractivity contribution in [1.29, 1.82) is 0 Å². The Kier molecular flexibility index (Phi) is 3.16. The molecule has 82 valence electrons. The fourth-order valence-electron chi connectivity index (χ4n) is 2.06. The molecule has 1 aliphatic rings. The highest BCUT2D eigenvalue weighted by molar-refractivity contribution is 5.53. The zero-order chi connectivity index (χ0) is 10.7. The summed E-state index contributed by atoms with van der Waals surface area (Å²) in [6.07, 6.45) is 3.18. The molecule has 4 nitrogen and oxygen atoms in total. The molecule has 1 aromatic rings. The lowest BCUT2D eigenvalue weighted by molar-refractivity contribution is -0.112. The van der Waals surface area contributed by atoms with Crippen LogP contribution in [0.2, 0.25) is 0 Å². The number of aryl methyl sites for hydroxylation is 1. The summed E-state index contributed by atoms with van der Waals surface area (Å²) in [5.74, 6) is 1.09. The third kappa shape index (κ3) is 2.65. The average Bonchev–Trinajstić information content (AvgIpc) is 2.64. The van der Waals surface area contributed by atoms with Crippen LogP contribution in [0.3, 0.4) is 0 Å². The first-order valence-corrected chi connectivity index (χ1v) is 5.38. The first kappa shape index (κ1) is 10.4. The zero-order valence-electron chi connectivity index (χ0n) is 8.98. The number of nitrogens with zero attached hydrogens (tertiary/aromatic N) is 2. The molecule has 0 spiro atoms. The molecule has 1 unspecified atom stereocenters. The molecule has 0 radical (unpaired) electrons. The van der Waals surface area contributed by atoms with Crippen molar-refractivity contribution in [3.8, 4) is 0 Å². The van der Waals surface area contributed by atoms with Crippen molar-refractivity contribution in [2.75, 3.05) is 13.1 Å². The average molecular weight is 208 g/mol. The van der Waals surface area contributed by atoms with Gasteiger partial charge in [0, 0.05) is 18.5 Å². The Morgan fingerprint density at radius 2 is 2.60 bits per heavy atom. The van der Waals surface area contributed by atoms with Crippen molar-refractivity contribution in [2.24, 2.45) is 5.92 Å². The van der Waals surface area contributed by atoms with Gasteiger partial charge in [-0.15, -0.1) is 0 Å². The molecule has 0 N–H and O–H groups in total. The predicted octanol–water partition coefficient (Wildman–Crippen LogP) is 1.39. The summed E-state index contributed by atoms with van der Waals surface area (Å²) < 4.78 is 5.16. The van der Waals surface area contributed by atoms with E-state index in [1.54, 1.807) is 0 Å². The van der Waals surface area contributed by atoms with Gasteiger partial charge >= 0.3 is 0 Å². The van der Waals surface area contributed by atoms with Crippen LogP contribution in [0, 0.1) is 12.8 Å². The number of carbonyl (C=O) groups excluding carboxylic acids is 1. The summed E-state index contributed by atoms with van der Waals surface area (Å²) in [5, 5.41) is 3.85. The van der Waals surface area contributed by atoms with Crippen molar-refractivity contribution >= 4 is 6.29 Å². The highest BCUT2D eigenvalue weighted by Gasteiger charge is 2.20. The molecule has 1 saturated heterocycles. The van der Waals surface area contributed by atoms with Crippen LogP contribution in [0.25, 0.3) is 0 Å². The van der Waals surface area contributed by atoms with Crippen molar-refractivity contribution in [3.05, 3.63) is 17.5 Å². The van der Waals surface area contributed by atoms with E-state index in [1.165, 1.54) is 0 Å². The number of hydrogen-bond acceptors (Lipinski definition) is 4. The first-order valence-electron chi connectivity index (χ1n) is 5.38. The van der Waals surface area contributed by atoms with Gasteiger partial charge in [0.25, 0.3) is 0 Å². The smallest absolute Gasteiger partial charge is 0.150 e. The Hall–Kier alpha value is -1.16. The Morgan fingerprint density at radius 3 is 3.27 bits per heavy atom. The minimum Gasteiger partial charge on any atom is -0.360 e. The lowest BCUT2D eigenvalue weighted by atomic mass is 10.00. The molecule has 1 fully saturated rings. The van der Waals surface area contributed by atoms with Gasteiger partial charge in [-0.3, -0.25) is 4.90 Å². The van der Waals surface area contributed by atoms with Gasteiger partial charge in [0.15, 0.2) is 5.76 Å². The van der Waals surface area contributed by atoms with Crippen LogP contribution in [0.5, 0.6) is 0 Å². The molecule has 1 aromatic heterocycles. The predicted molar refractivity (Wildman–Crippen MR) is 55.3 cm³/mol. The first-order chi connectivity index (χ1) is 7.28. The Labute approximate surface area is 89.2 Å². The molecule has 0 saturated carbocycles. The van der Waals surface area contributed by atoms with E-state index in [-0.39, 0.29) is 5.92 Å². The van der Waals surface area contributed by atoms with Crippen molar-refractivity contribution in [3.63, 3.8) is 0 Å². The molecule has 4 heteroatoms. The largest absolute Gasteiger partial charge is 0.360 e. The lowest BCUT2D eigenvalue weighted by Crippen LogP contribution is -2.35. The van der Waals surface area contributed by atoms with Gasteiger partial charge in [-0.2, -0.15) is 0 Å². The maximum Gasteiger partial charge on any atom is 0.150 e. The second-order valence-electron chi connectivity index (χ2n) is 4.21. The summed E-state index contributed by atoms with van der Waals surface area (Å²) in [7, 11) is 0. The van der Waals surface area contributed by atoms with Gasteiger partial charge in [-0.25, -0.2) is 0 Å². The highest BCUT2D eigenvalue weighted by atomic mass is 16.5. The topological polar surface area (TPSA) is 46.3 Å².